The number of carbonyl (C=O) groups is 3. The van der Waals surface area contributed by atoms with Crippen molar-refractivity contribution < 1.29 is 23.9 Å². The van der Waals surface area contributed by atoms with Gasteiger partial charge in [-0.3, -0.25) is 4.79 Å². The van der Waals surface area contributed by atoms with Crippen LogP contribution in [0, 0.1) is 5.92 Å². The molecule has 0 aliphatic carbocycles. The Kier molecular flexibility index (Phi) is 11.6. The van der Waals surface area contributed by atoms with Crippen molar-refractivity contribution >= 4 is 17.9 Å². The molecule has 0 spiro atoms. The van der Waals surface area contributed by atoms with Crippen molar-refractivity contribution in [2.24, 2.45) is 5.92 Å². The number of hydrogen-bond donors (Lipinski definition) is 2. The average Bonchev–Trinajstić information content (AvgIpc) is 2.91. The molecule has 3 amide bonds. The van der Waals surface area contributed by atoms with E-state index in [9.17, 15) is 14.4 Å². The molecule has 1 heterocycles. The number of urea groups is 1. The van der Waals surface area contributed by atoms with Crippen LogP contribution < -0.4 is 15.4 Å². The Labute approximate surface area is 244 Å². The van der Waals surface area contributed by atoms with Gasteiger partial charge < -0.3 is 29.9 Å². The summed E-state index contributed by atoms with van der Waals surface area (Å²) < 4.78 is 11.5. The van der Waals surface area contributed by atoms with Crippen molar-refractivity contribution in [2.45, 2.75) is 71.8 Å². The minimum absolute atomic E-state index is 0.155. The average molecular weight is 567 g/mol. The summed E-state index contributed by atoms with van der Waals surface area (Å²) in [6.45, 7) is 12.6. The van der Waals surface area contributed by atoms with Crippen LogP contribution in [-0.4, -0.2) is 78.6 Å². The minimum Gasteiger partial charge on any atom is -0.489 e. The van der Waals surface area contributed by atoms with Crippen LogP contribution in [0.1, 0.15) is 52.2 Å². The smallest absolute Gasteiger partial charge is 0.329 e. The Morgan fingerprint density at radius 2 is 1.49 bits per heavy atom. The third kappa shape index (κ3) is 11.1. The van der Waals surface area contributed by atoms with Gasteiger partial charge in [-0.1, -0.05) is 56.3 Å². The van der Waals surface area contributed by atoms with Crippen LogP contribution in [0.4, 0.5) is 4.79 Å². The highest BCUT2D eigenvalue weighted by Gasteiger charge is 2.31. The Morgan fingerprint density at radius 1 is 0.854 bits per heavy atom. The van der Waals surface area contributed by atoms with Crippen molar-refractivity contribution in [3.05, 3.63) is 65.7 Å². The van der Waals surface area contributed by atoms with Gasteiger partial charge in [0.15, 0.2) is 0 Å². The predicted octanol–water partition coefficient (Wildman–Crippen LogP) is 4.01. The Morgan fingerprint density at radius 3 is 2.07 bits per heavy atom. The van der Waals surface area contributed by atoms with E-state index in [0.29, 0.717) is 31.9 Å². The highest BCUT2D eigenvalue weighted by Crippen LogP contribution is 2.17. The number of rotatable bonds is 11. The number of ether oxygens (including phenoxy) is 2. The first-order valence-electron chi connectivity index (χ1n) is 14.4. The summed E-state index contributed by atoms with van der Waals surface area (Å²) in [6, 6.07) is 15.4. The van der Waals surface area contributed by atoms with E-state index in [4.69, 9.17) is 9.47 Å². The van der Waals surface area contributed by atoms with Gasteiger partial charge in [-0.2, -0.15) is 0 Å². The number of likely N-dealkylation sites (N-methyl/N-ethyl adjacent to an activating group) is 1. The number of nitrogens with zero attached hydrogens (tertiary/aromatic N) is 2. The van der Waals surface area contributed by atoms with E-state index >= 15 is 0 Å². The standard InChI is InChI=1S/C32H46N4O5/c1-23(2)20-27(34-31(39)36-18-16-35(6)17-19-36)29(37)33-28(30(38)41-32(3,4)5)21-24-12-14-26(15-13-24)40-22-25-10-8-7-9-11-25/h7-15,23,27-28H,16-22H2,1-6H3,(H,33,37)(H,34,39)/t27-,28-/m0/s1. The number of carbonyl (C=O) groups excluding carboxylic acids is 3. The maximum atomic E-state index is 13.5. The maximum absolute atomic E-state index is 13.5. The van der Waals surface area contributed by atoms with Crippen LogP contribution in [0.2, 0.25) is 0 Å². The van der Waals surface area contributed by atoms with E-state index in [1.54, 1.807) is 25.7 Å². The van der Waals surface area contributed by atoms with Crippen LogP contribution >= 0.6 is 0 Å². The van der Waals surface area contributed by atoms with Crippen molar-refractivity contribution in [1.82, 2.24) is 20.4 Å². The van der Waals surface area contributed by atoms with Gasteiger partial charge in [0.25, 0.3) is 0 Å². The number of esters is 1. The lowest BCUT2D eigenvalue weighted by molar-refractivity contribution is -0.158. The lowest BCUT2D eigenvalue weighted by Crippen LogP contribution is -2.57. The minimum atomic E-state index is -0.923. The van der Waals surface area contributed by atoms with E-state index in [1.807, 2.05) is 75.5 Å². The molecule has 2 atom stereocenters. The molecule has 1 aliphatic rings. The van der Waals surface area contributed by atoms with Crippen molar-refractivity contribution in [3.8, 4) is 5.75 Å². The molecule has 0 saturated carbocycles. The van der Waals surface area contributed by atoms with Crippen molar-refractivity contribution in [2.75, 3.05) is 33.2 Å². The number of hydrogen-bond acceptors (Lipinski definition) is 6. The van der Waals surface area contributed by atoms with E-state index in [1.165, 1.54) is 0 Å². The first kappa shape index (κ1) is 31.9. The second-order valence-electron chi connectivity index (χ2n) is 12.1. The molecule has 224 valence electrons. The monoisotopic (exact) mass is 566 g/mol. The van der Waals surface area contributed by atoms with Crippen molar-refractivity contribution in [3.63, 3.8) is 0 Å². The normalized spacial score (nSPS) is 15.6. The second-order valence-corrected chi connectivity index (χ2v) is 12.1. The topological polar surface area (TPSA) is 100 Å². The Balaban J connectivity index is 1.69. The Hall–Kier alpha value is -3.59. The van der Waals surface area contributed by atoms with Gasteiger partial charge in [-0.05, 0) is 63.4 Å². The third-order valence-corrected chi connectivity index (χ3v) is 6.73. The molecule has 41 heavy (non-hydrogen) atoms. The highest BCUT2D eigenvalue weighted by atomic mass is 16.6. The summed E-state index contributed by atoms with van der Waals surface area (Å²) in [5, 5.41) is 5.80. The lowest BCUT2D eigenvalue weighted by Gasteiger charge is -2.34. The molecular weight excluding hydrogens is 520 g/mol. The summed E-state index contributed by atoms with van der Waals surface area (Å²) in [5.74, 6) is -0.0650. The summed E-state index contributed by atoms with van der Waals surface area (Å²) >= 11 is 0. The van der Waals surface area contributed by atoms with Gasteiger partial charge >= 0.3 is 12.0 Å². The largest absolute Gasteiger partial charge is 0.489 e. The third-order valence-electron chi connectivity index (χ3n) is 6.73. The van der Waals surface area contributed by atoms with Crippen LogP contribution in [0.15, 0.2) is 54.6 Å². The van der Waals surface area contributed by atoms with Crippen molar-refractivity contribution in [1.29, 1.82) is 0 Å². The van der Waals surface area contributed by atoms with Gasteiger partial charge in [-0.25, -0.2) is 9.59 Å². The molecule has 1 saturated heterocycles. The Bertz CT molecular complexity index is 1120. The first-order valence-corrected chi connectivity index (χ1v) is 14.4. The molecule has 2 N–H and O–H groups in total. The summed E-state index contributed by atoms with van der Waals surface area (Å²) in [7, 11) is 2.02. The van der Waals surface area contributed by atoms with Crippen LogP contribution in [0.3, 0.4) is 0 Å². The van der Waals surface area contributed by atoms with E-state index in [2.05, 4.69) is 15.5 Å². The molecule has 0 radical (unpaired) electrons. The number of amides is 3. The van der Waals surface area contributed by atoms with Gasteiger partial charge in [0.1, 0.15) is 30.0 Å². The fourth-order valence-electron chi connectivity index (χ4n) is 4.49. The molecule has 3 rings (SSSR count). The molecule has 2 aromatic carbocycles. The molecule has 1 aliphatic heterocycles. The van der Waals surface area contributed by atoms with Crippen LogP contribution in [-0.2, 0) is 27.4 Å². The molecule has 0 aromatic heterocycles. The predicted molar refractivity (Wildman–Crippen MR) is 160 cm³/mol. The lowest BCUT2D eigenvalue weighted by atomic mass is 10.0. The van der Waals surface area contributed by atoms with Gasteiger partial charge in [0, 0.05) is 32.6 Å². The molecule has 1 fully saturated rings. The molecular formula is C32H46N4O5. The zero-order chi connectivity index (χ0) is 30.0. The van der Waals surface area contributed by atoms with Gasteiger partial charge in [0.05, 0.1) is 0 Å². The fraction of sp³-hybridized carbons (Fsp3) is 0.531. The maximum Gasteiger partial charge on any atom is 0.329 e. The zero-order valence-electron chi connectivity index (χ0n) is 25.3. The van der Waals surface area contributed by atoms with Crippen LogP contribution in [0.5, 0.6) is 5.75 Å². The summed E-state index contributed by atoms with van der Waals surface area (Å²) in [4.78, 5) is 43.6. The van der Waals surface area contributed by atoms with E-state index < -0.39 is 29.6 Å². The molecule has 0 bridgehead atoms. The van der Waals surface area contributed by atoms with E-state index in [0.717, 1.165) is 24.2 Å². The highest BCUT2D eigenvalue weighted by molar-refractivity contribution is 5.90. The number of nitrogens with one attached hydrogen (secondary N) is 2. The van der Waals surface area contributed by atoms with Gasteiger partial charge in [0.2, 0.25) is 5.91 Å². The molecule has 9 heteroatoms. The fourth-order valence-corrected chi connectivity index (χ4v) is 4.49. The molecule has 9 nitrogen and oxygen atoms in total. The van der Waals surface area contributed by atoms with E-state index in [-0.39, 0.29) is 18.4 Å². The second kappa shape index (κ2) is 14.9. The van der Waals surface area contributed by atoms with Gasteiger partial charge in [-0.15, -0.1) is 0 Å². The first-order chi connectivity index (χ1) is 19.4. The summed E-state index contributed by atoms with van der Waals surface area (Å²) in [5.41, 5.74) is 1.19. The summed E-state index contributed by atoms with van der Waals surface area (Å²) in [6.07, 6.45) is 0.681. The number of piperazine rings is 1. The molecule has 2 aromatic rings. The zero-order valence-corrected chi connectivity index (χ0v) is 25.3. The van der Waals surface area contributed by atoms with Crippen LogP contribution in [0.25, 0.3) is 0 Å². The number of benzene rings is 2. The SMILES string of the molecule is CC(C)C[C@H](NC(=O)N1CCN(C)CC1)C(=O)N[C@@H](Cc1ccc(OCc2ccccc2)cc1)C(=O)OC(C)(C)C. The quantitative estimate of drug-likeness (QED) is 0.399. The molecule has 0 unspecified atom stereocenters.